The minimum Gasteiger partial charge on any atom is -0.464 e. The number of halogens is 2. The van der Waals surface area contributed by atoms with Gasteiger partial charge >= 0.3 is 5.97 Å². The predicted molar refractivity (Wildman–Crippen MR) is 163 cm³/mol. The molecule has 0 unspecified atom stereocenters. The zero-order chi connectivity index (χ0) is 29.7. The quantitative estimate of drug-likeness (QED) is 0.112. The average molecular weight is 625 g/mol. The molecule has 0 spiro atoms. The second-order valence-electron chi connectivity index (χ2n) is 9.62. The number of ether oxygens (including phenoxy) is 1. The van der Waals surface area contributed by atoms with E-state index in [4.69, 9.17) is 32.5 Å². The van der Waals surface area contributed by atoms with Gasteiger partial charge < -0.3 is 9.26 Å². The Morgan fingerprint density at radius 3 is 2.38 bits per heavy atom. The normalized spacial score (nSPS) is 11.5. The Morgan fingerprint density at radius 1 is 0.929 bits per heavy atom. The Labute approximate surface area is 253 Å². The van der Waals surface area contributed by atoms with Gasteiger partial charge in [0, 0.05) is 22.0 Å². The van der Waals surface area contributed by atoms with Crippen LogP contribution in [0, 0.1) is 0 Å². The number of unbranched alkanes of at least 4 members (excludes halogenated alkanes) is 1. The first kappa shape index (κ1) is 29.6. The van der Waals surface area contributed by atoms with Crippen molar-refractivity contribution in [2.24, 2.45) is 0 Å². The van der Waals surface area contributed by atoms with Gasteiger partial charge in [-0.25, -0.2) is 8.42 Å². The van der Waals surface area contributed by atoms with Crippen LogP contribution >= 0.6 is 23.2 Å². The molecule has 0 aliphatic rings. The van der Waals surface area contributed by atoms with Crippen LogP contribution in [0.2, 0.25) is 10.0 Å². The first-order valence-corrected chi connectivity index (χ1v) is 15.5. The third-order valence-corrected chi connectivity index (χ3v) is 8.68. The average Bonchev–Trinajstić information content (AvgIpc) is 3.44. The molecule has 0 saturated carbocycles. The number of anilines is 1. The minimum atomic E-state index is -4.24. The van der Waals surface area contributed by atoms with Crippen molar-refractivity contribution in [3.05, 3.63) is 106 Å². The number of fused-ring (bicyclic) bond motifs is 1. The molecule has 0 atom stereocenters. The van der Waals surface area contributed by atoms with E-state index in [1.54, 1.807) is 18.2 Å². The third-order valence-electron chi connectivity index (χ3n) is 6.49. The van der Waals surface area contributed by atoms with E-state index >= 15 is 0 Å². The number of hydrogen-bond acceptors (Lipinski definition) is 7. The maximum absolute atomic E-state index is 13.8. The van der Waals surface area contributed by atoms with Crippen molar-refractivity contribution < 1.29 is 22.5 Å². The van der Waals surface area contributed by atoms with Crippen molar-refractivity contribution >= 4 is 55.7 Å². The lowest BCUT2D eigenvalue weighted by molar-refractivity contribution is -0.141. The molecule has 1 heterocycles. The van der Waals surface area contributed by atoms with Gasteiger partial charge in [0.2, 0.25) is 0 Å². The monoisotopic (exact) mass is 623 g/mol. The van der Waals surface area contributed by atoms with Crippen molar-refractivity contribution in [1.29, 1.82) is 0 Å². The van der Waals surface area contributed by atoms with E-state index in [9.17, 15) is 13.2 Å². The number of hydrogen-bond donors (Lipinski definition) is 0. The number of rotatable bonds is 11. The fourth-order valence-electron chi connectivity index (χ4n) is 4.36. The molecule has 0 radical (unpaired) electrons. The summed E-state index contributed by atoms with van der Waals surface area (Å²) in [6.45, 7) is 1.65. The van der Waals surface area contributed by atoms with Gasteiger partial charge in [-0.15, -0.1) is 0 Å². The number of sulfonamides is 1. The fraction of sp³-hybridized carbons (Fsp3) is 0.194. The molecule has 0 fully saturated rings. The SMILES string of the molecule is CCCCOC(=O)CN(c1ccc2cc(-c3nc(Cc4ccccc4)no3)ccc2c1)S(=O)(=O)c1cc(Cl)cc(Cl)c1. The Bertz CT molecular complexity index is 1810. The van der Waals surface area contributed by atoms with Crippen LogP contribution in [-0.4, -0.2) is 37.7 Å². The summed E-state index contributed by atoms with van der Waals surface area (Å²) in [5.41, 5.74) is 2.08. The molecule has 1 aromatic heterocycles. The summed E-state index contributed by atoms with van der Waals surface area (Å²) in [6, 6.07) is 24.5. The highest BCUT2D eigenvalue weighted by molar-refractivity contribution is 7.92. The molecule has 216 valence electrons. The number of carbonyl (C=O) groups excluding carboxylic acids is 1. The predicted octanol–water partition coefficient (Wildman–Crippen LogP) is 7.33. The molecular weight excluding hydrogens is 597 g/mol. The standard InChI is InChI=1S/C31H27Cl2N3O5S/c1-2-3-13-40-30(37)20-36(42(38,39)28-18-25(32)17-26(33)19-28)27-12-11-22-15-24(10-9-23(22)16-27)31-34-29(35-41-31)14-21-7-5-4-6-8-21/h4-12,15-19H,2-3,13-14,20H2,1H3. The molecule has 42 heavy (non-hydrogen) atoms. The van der Waals surface area contributed by atoms with Gasteiger partial charge in [-0.05, 0) is 65.2 Å². The maximum Gasteiger partial charge on any atom is 0.326 e. The first-order chi connectivity index (χ1) is 20.2. The summed E-state index contributed by atoms with van der Waals surface area (Å²) >= 11 is 12.2. The van der Waals surface area contributed by atoms with Gasteiger partial charge in [-0.2, -0.15) is 4.98 Å². The summed E-state index contributed by atoms with van der Waals surface area (Å²) in [5, 5.41) is 5.97. The van der Waals surface area contributed by atoms with E-state index < -0.39 is 22.5 Å². The van der Waals surface area contributed by atoms with Gasteiger partial charge in [0.25, 0.3) is 15.9 Å². The van der Waals surface area contributed by atoms with Crippen LogP contribution in [0.3, 0.4) is 0 Å². The van der Waals surface area contributed by atoms with Crippen molar-refractivity contribution in [1.82, 2.24) is 10.1 Å². The smallest absolute Gasteiger partial charge is 0.326 e. The van der Waals surface area contributed by atoms with Crippen LogP contribution in [-0.2, 0) is 26.0 Å². The van der Waals surface area contributed by atoms with E-state index in [2.05, 4.69) is 10.1 Å². The van der Waals surface area contributed by atoms with E-state index in [1.807, 2.05) is 55.5 Å². The van der Waals surface area contributed by atoms with Crippen molar-refractivity contribution in [3.8, 4) is 11.5 Å². The summed E-state index contributed by atoms with van der Waals surface area (Å²) in [6.07, 6.45) is 2.06. The molecule has 11 heteroatoms. The summed E-state index contributed by atoms with van der Waals surface area (Å²) < 4.78 is 39.4. The first-order valence-electron chi connectivity index (χ1n) is 13.3. The molecule has 4 aromatic carbocycles. The zero-order valence-electron chi connectivity index (χ0n) is 22.7. The van der Waals surface area contributed by atoms with E-state index in [0.29, 0.717) is 24.6 Å². The largest absolute Gasteiger partial charge is 0.464 e. The number of esters is 1. The second kappa shape index (κ2) is 12.9. The van der Waals surface area contributed by atoms with Crippen LogP contribution in [0.1, 0.15) is 31.2 Å². The second-order valence-corrected chi connectivity index (χ2v) is 12.4. The maximum atomic E-state index is 13.8. The van der Waals surface area contributed by atoms with Crippen LogP contribution in [0.4, 0.5) is 5.69 Å². The lowest BCUT2D eigenvalue weighted by Gasteiger charge is -2.24. The van der Waals surface area contributed by atoms with Gasteiger partial charge in [0.05, 0.1) is 17.2 Å². The molecule has 0 aliphatic carbocycles. The molecule has 0 aliphatic heterocycles. The van der Waals surface area contributed by atoms with Crippen molar-refractivity contribution in [2.45, 2.75) is 31.1 Å². The lowest BCUT2D eigenvalue weighted by atomic mass is 10.1. The van der Waals surface area contributed by atoms with E-state index in [-0.39, 0.29) is 27.2 Å². The number of carbonyl (C=O) groups is 1. The highest BCUT2D eigenvalue weighted by Gasteiger charge is 2.29. The summed E-state index contributed by atoms with van der Waals surface area (Å²) in [4.78, 5) is 17.1. The minimum absolute atomic E-state index is 0.139. The van der Waals surface area contributed by atoms with Crippen LogP contribution < -0.4 is 4.31 Å². The molecule has 5 rings (SSSR count). The molecular formula is C31H27Cl2N3O5S. The van der Waals surface area contributed by atoms with Gasteiger partial charge in [-0.1, -0.05) is 84.2 Å². The highest BCUT2D eigenvalue weighted by Crippen LogP contribution is 2.32. The molecule has 0 amide bonds. The Hall–Kier alpha value is -3.92. The summed E-state index contributed by atoms with van der Waals surface area (Å²) in [5.74, 6) is 0.279. The fourth-order valence-corrected chi connectivity index (χ4v) is 6.48. The number of benzene rings is 4. The van der Waals surface area contributed by atoms with Crippen molar-refractivity contribution in [2.75, 3.05) is 17.5 Å². The highest BCUT2D eigenvalue weighted by atomic mass is 35.5. The lowest BCUT2D eigenvalue weighted by Crippen LogP contribution is -2.36. The third kappa shape index (κ3) is 6.92. The molecule has 8 nitrogen and oxygen atoms in total. The molecule has 0 saturated heterocycles. The molecule has 5 aromatic rings. The zero-order valence-corrected chi connectivity index (χ0v) is 25.0. The van der Waals surface area contributed by atoms with Crippen LogP contribution in [0.25, 0.3) is 22.2 Å². The number of nitrogens with zero attached hydrogens (tertiary/aromatic N) is 3. The van der Waals surface area contributed by atoms with Gasteiger partial charge in [0.15, 0.2) is 5.82 Å². The summed E-state index contributed by atoms with van der Waals surface area (Å²) in [7, 11) is -4.24. The van der Waals surface area contributed by atoms with E-state index in [0.717, 1.165) is 32.6 Å². The van der Waals surface area contributed by atoms with E-state index in [1.165, 1.54) is 18.2 Å². The topological polar surface area (TPSA) is 103 Å². The molecule has 0 N–H and O–H groups in total. The van der Waals surface area contributed by atoms with Crippen LogP contribution in [0.5, 0.6) is 0 Å². The van der Waals surface area contributed by atoms with Gasteiger partial charge in [-0.3, -0.25) is 9.10 Å². The molecule has 0 bridgehead atoms. The van der Waals surface area contributed by atoms with Gasteiger partial charge in [0.1, 0.15) is 6.54 Å². The number of aromatic nitrogens is 2. The Morgan fingerprint density at radius 2 is 1.64 bits per heavy atom. The Balaban J connectivity index is 1.46. The van der Waals surface area contributed by atoms with Crippen LogP contribution in [0.15, 0.2) is 94.3 Å². The van der Waals surface area contributed by atoms with Crippen molar-refractivity contribution in [3.63, 3.8) is 0 Å². The Kier molecular flexibility index (Phi) is 9.11.